The van der Waals surface area contributed by atoms with Gasteiger partial charge in [0.05, 0.1) is 12.5 Å². The molecule has 0 aromatic heterocycles. The highest BCUT2D eigenvalue weighted by Gasteiger charge is 2.29. The number of ether oxygens (including phenoxy) is 1. The third-order valence-corrected chi connectivity index (χ3v) is 3.65. The molecule has 0 saturated carbocycles. The first-order valence-electron chi connectivity index (χ1n) is 7.34. The van der Waals surface area contributed by atoms with Crippen LogP contribution in [0, 0.1) is 5.92 Å². The third kappa shape index (κ3) is 4.73. The van der Waals surface area contributed by atoms with Crippen LogP contribution in [0.4, 0.5) is 4.79 Å². The molecule has 0 aliphatic carbocycles. The number of likely N-dealkylation sites (tertiary alicyclic amines) is 1. The maximum absolute atomic E-state index is 12.2. The molecule has 19 heavy (non-hydrogen) atoms. The van der Waals surface area contributed by atoms with Crippen molar-refractivity contribution in [3.05, 3.63) is 0 Å². The average Bonchev–Trinajstić information content (AvgIpc) is 2.44. The molecule has 1 atom stereocenters. The van der Waals surface area contributed by atoms with Crippen LogP contribution in [0.25, 0.3) is 0 Å². The largest absolute Gasteiger partial charge is 0.450 e. The maximum Gasteiger partial charge on any atom is 0.409 e. The number of rotatable bonds is 5. The highest BCUT2D eigenvalue weighted by Crippen LogP contribution is 2.18. The Labute approximate surface area is 115 Å². The number of nitrogens with one attached hydrogen (secondary N) is 1. The molecule has 0 radical (unpaired) electrons. The van der Waals surface area contributed by atoms with Crippen molar-refractivity contribution in [2.45, 2.75) is 52.5 Å². The van der Waals surface area contributed by atoms with Gasteiger partial charge in [-0.05, 0) is 32.6 Å². The van der Waals surface area contributed by atoms with Crippen LogP contribution in [-0.4, -0.2) is 42.6 Å². The first kappa shape index (κ1) is 15.8. The number of carbonyl (C=O) groups excluding carboxylic acids is 2. The number of amides is 2. The summed E-state index contributed by atoms with van der Waals surface area (Å²) >= 11 is 0. The van der Waals surface area contributed by atoms with E-state index in [0.29, 0.717) is 19.7 Å². The molecule has 1 unspecified atom stereocenters. The molecule has 5 nitrogen and oxygen atoms in total. The van der Waals surface area contributed by atoms with E-state index in [1.807, 2.05) is 0 Å². The third-order valence-electron chi connectivity index (χ3n) is 3.65. The summed E-state index contributed by atoms with van der Waals surface area (Å²) in [5.74, 6) is -0.0264. The van der Waals surface area contributed by atoms with Gasteiger partial charge in [-0.15, -0.1) is 0 Å². The van der Waals surface area contributed by atoms with Gasteiger partial charge >= 0.3 is 6.09 Å². The molecule has 1 fully saturated rings. The molecule has 1 saturated heterocycles. The summed E-state index contributed by atoms with van der Waals surface area (Å²) in [6, 6.07) is 0.241. The van der Waals surface area contributed by atoms with Gasteiger partial charge in [-0.25, -0.2) is 4.79 Å². The molecule has 1 heterocycles. The Morgan fingerprint density at radius 3 is 2.58 bits per heavy atom. The van der Waals surface area contributed by atoms with Gasteiger partial charge in [0, 0.05) is 19.1 Å². The van der Waals surface area contributed by atoms with Crippen molar-refractivity contribution in [2.24, 2.45) is 5.92 Å². The van der Waals surface area contributed by atoms with Crippen LogP contribution >= 0.6 is 0 Å². The number of piperidine rings is 1. The number of carbonyl (C=O) groups is 2. The van der Waals surface area contributed by atoms with Gasteiger partial charge in [0.1, 0.15) is 0 Å². The number of hydrogen-bond acceptors (Lipinski definition) is 3. The van der Waals surface area contributed by atoms with Gasteiger partial charge in [0.2, 0.25) is 5.91 Å². The summed E-state index contributed by atoms with van der Waals surface area (Å²) < 4.78 is 4.99. The Bertz CT molecular complexity index is 303. The van der Waals surface area contributed by atoms with Gasteiger partial charge < -0.3 is 15.0 Å². The second-order valence-electron chi connectivity index (χ2n) is 5.01. The van der Waals surface area contributed by atoms with Crippen molar-refractivity contribution >= 4 is 12.0 Å². The zero-order chi connectivity index (χ0) is 14.3. The molecule has 1 N–H and O–H groups in total. The van der Waals surface area contributed by atoms with Gasteiger partial charge in [0.25, 0.3) is 0 Å². The van der Waals surface area contributed by atoms with Crippen LogP contribution in [0.15, 0.2) is 0 Å². The van der Waals surface area contributed by atoms with E-state index in [-0.39, 0.29) is 24.0 Å². The van der Waals surface area contributed by atoms with Crippen LogP contribution in [0.1, 0.15) is 46.5 Å². The normalized spacial score (nSPS) is 19.4. The fraction of sp³-hybridized carbons (Fsp3) is 0.857. The van der Waals surface area contributed by atoms with Crippen LogP contribution in [0.3, 0.4) is 0 Å². The minimum atomic E-state index is -0.303. The monoisotopic (exact) mass is 270 g/mol. The van der Waals surface area contributed by atoms with Gasteiger partial charge in [-0.2, -0.15) is 0 Å². The molecule has 1 rings (SSSR count). The molecule has 0 aromatic rings. The minimum absolute atomic E-state index is 0.0719. The van der Waals surface area contributed by atoms with E-state index in [1.165, 1.54) is 0 Å². The first-order valence-corrected chi connectivity index (χ1v) is 7.34. The van der Waals surface area contributed by atoms with E-state index in [0.717, 1.165) is 25.7 Å². The molecule has 1 aliphatic heterocycles. The lowest BCUT2D eigenvalue weighted by Crippen LogP contribution is -2.47. The zero-order valence-corrected chi connectivity index (χ0v) is 12.3. The topological polar surface area (TPSA) is 58.6 Å². The fourth-order valence-corrected chi connectivity index (χ4v) is 2.38. The SMILES string of the molecule is CCOC(=O)N1CCCC(C(=O)NC(CC)CC)C1. The standard InChI is InChI=1S/C14H26N2O3/c1-4-12(5-2)15-13(17)11-8-7-9-16(10-11)14(18)19-6-3/h11-12H,4-10H2,1-3H3,(H,15,17). The van der Waals surface area contributed by atoms with Crippen molar-refractivity contribution in [3.63, 3.8) is 0 Å². The molecular weight excluding hydrogens is 244 g/mol. The quantitative estimate of drug-likeness (QED) is 0.833. The van der Waals surface area contributed by atoms with Crippen molar-refractivity contribution in [1.29, 1.82) is 0 Å². The molecule has 110 valence electrons. The first-order chi connectivity index (χ1) is 9.12. The van der Waals surface area contributed by atoms with Crippen molar-refractivity contribution in [1.82, 2.24) is 10.2 Å². The molecule has 2 amide bonds. The van der Waals surface area contributed by atoms with E-state index in [2.05, 4.69) is 19.2 Å². The van der Waals surface area contributed by atoms with Gasteiger partial charge in [-0.1, -0.05) is 13.8 Å². The van der Waals surface area contributed by atoms with Crippen molar-refractivity contribution < 1.29 is 14.3 Å². The second kappa shape index (κ2) is 8.02. The maximum atomic E-state index is 12.2. The van der Waals surface area contributed by atoms with Crippen LogP contribution in [0.2, 0.25) is 0 Å². The predicted molar refractivity (Wildman–Crippen MR) is 73.8 cm³/mol. The smallest absolute Gasteiger partial charge is 0.409 e. The van der Waals surface area contributed by atoms with E-state index in [9.17, 15) is 9.59 Å². The van der Waals surface area contributed by atoms with E-state index >= 15 is 0 Å². The summed E-state index contributed by atoms with van der Waals surface area (Å²) in [6.45, 7) is 7.47. The van der Waals surface area contributed by atoms with Crippen molar-refractivity contribution in [3.8, 4) is 0 Å². The second-order valence-corrected chi connectivity index (χ2v) is 5.01. The molecular formula is C14H26N2O3. The predicted octanol–water partition coefficient (Wildman–Crippen LogP) is 2.16. The van der Waals surface area contributed by atoms with E-state index < -0.39 is 0 Å². The van der Waals surface area contributed by atoms with Crippen molar-refractivity contribution in [2.75, 3.05) is 19.7 Å². The van der Waals surface area contributed by atoms with Crippen LogP contribution in [0.5, 0.6) is 0 Å². The summed E-state index contributed by atoms with van der Waals surface area (Å²) in [5.41, 5.74) is 0. The molecule has 0 bridgehead atoms. The summed E-state index contributed by atoms with van der Waals surface area (Å²) in [7, 11) is 0. The summed E-state index contributed by atoms with van der Waals surface area (Å²) in [5, 5.41) is 3.06. The number of nitrogens with zero attached hydrogens (tertiary/aromatic N) is 1. The molecule has 0 aromatic carbocycles. The van der Waals surface area contributed by atoms with Crippen LogP contribution < -0.4 is 5.32 Å². The number of hydrogen-bond donors (Lipinski definition) is 1. The Morgan fingerprint density at radius 2 is 2.00 bits per heavy atom. The van der Waals surface area contributed by atoms with E-state index in [1.54, 1.807) is 11.8 Å². The minimum Gasteiger partial charge on any atom is -0.450 e. The highest BCUT2D eigenvalue weighted by molar-refractivity contribution is 5.80. The fourth-order valence-electron chi connectivity index (χ4n) is 2.38. The van der Waals surface area contributed by atoms with Crippen LogP contribution in [-0.2, 0) is 9.53 Å². The van der Waals surface area contributed by atoms with Gasteiger partial charge in [-0.3, -0.25) is 4.79 Å². The average molecular weight is 270 g/mol. The highest BCUT2D eigenvalue weighted by atomic mass is 16.6. The Hall–Kier alpha value is -1.26. The zero-order valence-electron chi connectivity index (χ0n) is 12.3. The lowest BCUT2D eigenvalue weighted by atomic mass is 9.97. The van der Waals surface area contributed by atoms with Gasteiger partial charge in [0.15, 0.2) is 0 Å². The Morgan fingerprint density at radius 1 is 1.32 bits per heavy atom. The molecule has 1 aliphatic rings. The lowest BCUT2D eigenvalue weighted by Gasteiger charge is -2.32. The lowest BCUT2D eigenvalue weighted by molar-refractivity contribution is -0.127. The Balaban J connectivity index is 2.49. The summed E-state index contributed by atoms with van der Waals surface area (Å²) in [4.78, 5) is 25.5. The summed E-state index contributed by atoms with van der Waals surface area (Å²) in [6.07, 6.45) is 3.29. The molecule has 5 heteroatoms. The molecule has 0 spiro atoms. The van der Waals surface area contributed by atoms with E-state index in [4.69, 9.17) is 4.74 Å². The Kier molecular flexibility index (Phi) is 6.67.